The standard InChI is InChI=1S/C12H27N3O3S/c1-10(2)8-15(7-6-11(13)14-16)19(17,18)9-12(3,4)5/h10,16H,6-9H2,1-5H3,(H2,13,14). The Morgan fingerprint density at radius 3 is 2.26 bits per heavy atom. The maximum Gasteiger partial charge on any atom is 0.214 e. The molecule has 0 bridgehead atoms. The lowest BCUT2D eigenvalue weighted by atomic mass is 10.0. The van der Waals surface area contributed by atoms with Gasteiger partial charge in [0.05, 0.1) is 5.75 Å². The molecular formula is C12H27N3O3S. The van der Waals surface area contributed by atoms with Crippen LogP contribution in [0.2, 0.25) is 0 Å². The molecule has 0 aliphatic heterocycles. The summed E-state index contributed by atoms with van der Waals surface area (Å²) in [5.41, 5.74) is 5.10. The quantitative estimate of drug-likeness (QED) is 0.321. The zero-order valence-corrected chi connectivity index (χ0v) is 13.4. The predicted octanol–water partition coefficient (Wildman–Crippen LogP) is 1.46. The van der Waals surface area contributed by atoms with Gasteiger partial charge >= 0.3 is 0 Å². The van der Waals surface area contributed by atoms with Gasteiger partial charge in [-0.2, -0.15) is 0 Å². The van der Waals surface area contributed by atoms with Gasteiger partial charge in [-0.05, 0) is 11.3 Å². The van der Waals surface area contributed by atoms with Crippen molar-refractivity contribution in [2.24, 2.45) is 22.2 Å². The third-order valence-electron chi connectivity index (χ3n) is 2.32. The van der Waals surface area contributed by atoms with E-state index in [4.69, 9.17) is 10.9 Å². The lowest BCUT2D eigenvalue weighted by Gasteiger charge is -2.27. The van der Waals surface area contributed by atoms with Crippen LogP contribution in [0, 0.1) is 11.3 Å². The molecule has 0 fully saturated rings. The molecule has 0 aliphatic carbocycles. The summed E-state index contributed by atoms with van der Waals surface area (Å²) in [7, 11) is -3.34. The van der Waals surface area contributed by atoms with Crippen LogP contribution >= 0.6 is 0 Å². The van der Waals surface area contributed by atoms with E-state index in [-0.39, 0.29) is 35.9 Å². The van der Waals surface area contributed by atoms with Crippen molar-refractivity contribution >= 4 is 15.9 Å². The van der Waals surface area contributed by atoms with Crippen LogP contribution in [0.3, 0.4) is 0 Å². The third kappa shape index (κ3) is 8.05. The van der Waals surface area contributed by atoms with E-state index in [1.54, 1.807) is 0 Å². The Morgan fingerprint density at radius 1 is 1.37 bits per heavy atom. The summed E-state index contributed by atoms with van der Waals surface area (Å²) in [6, 6.07) is 0. The van der Waals surface area contributed by atoms with Gasteiger partial charge in [-0.1, -0.05) is 39.8 Å². The van der Waals surface area contributed by atoms with E-state index >= 15 is 0 Å². The fourth-order valence-corrected chi connectivity index (χ4v) is 3.85. The molecule has 0 unspecified atom stereocenters. The van der Waals surface area contributed by atoms with Gasteiger partial charge in [-0.15, -0.1) is 0 Å². The fourth-order valence-electron chi connectivity index (χ4n) is 1.68. The number of hydrogen-bond acceptors (Lipinski definition) is 4. The Morgan fingerprint density at radius 2 is 1.89 bits per heavy atom. The second-order valence-electron chi connectivity index (χ2n) is 6.41. The first-order chi connectivity index (χ1) is 8.48. The Bertz CT molecular complexity index is 397. The average molecular weight is 293 g/mol. The first-order valence-electron chi connectivity index (χ1n) is 6.42. The van der Waals surface area contributed by atoms with E-state index in [2.05, 4.69) is 5.16 Å². The SMILES string of the molecule is CC(C)CN(CCC(N)=NO)S(=O)(=O)CC(C)(C)C. The van der Waals surface area contributed by atoms with Crippen molar-refractivity contribution in [1.82, 2.24) is 4.31 Å². The molecule has 0 atom stereocenters. The highest BCUT2D eigenvalue weighted by atomic mass is 32.2. The molecule has 0 aromatic carbocycles. The van der Waals surface area contributed by atoms with E-state index < -0.39 is 10.0 Å². The van der Waals surface area contributed by atoms with Crippen molar-refractivity contribution in [2.45, 2.75) is 41.0 Å². The number of oxime groups is 1. The highest BCUT2D eigenvalue weighted by Crippen LogP contribution is 2.19. The topological polar surface area (TPSA) is 96.0 Å². The normalized spacial score (nSPS) is 14.4. The van der Waals surface area contributed by atoms with Crippen molar-refractivity contribution < 1.29 is 13.6 Å². The summed E-state index contributed by atoms with van der Waals surface area (Å²) in [4.78, 5) is 0. The molecule has 0 radical (unpaired) electrons. The summed E-state index contributed by atoms with van der Waals surface area (Å²) in [5.74, 6) is 0.352. The number of nitrogens with two attached hydrogens (primary N) is 1. The average Bonchev–Trinajstić information content (AvgIpc) is 2.19. The van der Waals surface area contributed by atoms with Gasteiger partial charge in [-0.3, -0.25) is 0 Å². The highest BCUT2D eigenvalue weighted by Gasteiger charge is 2.28. The van der Waals surface area contributed by atoms with Crippen molar-refractivity contribution in [2.75, 3.05) is 18.8 Å². The minimum Gasteiger partial charge on any atom is -0.409 e. The number of nitrogens with zero attached hydrogens (tertiary/aromatic N) is 2. The first-order valence-corrected chi connectivity index (χ1v) is 8.03. The van der Waals surface area contributed by atoms with Gasteiger partial charge in [0.15, 0.2) is 0 Å². The number of rotatable bonds is 7. The van der Waals surface area contributed by atoms with Crippen LogP contribution in [0.25, 0.3) is 0 Å². The van der Waals surface area contributed by atoms with Crippen LogP contribution in [0.15, 0.2) is 5.16 Å². The van der Waals surface area contributed by atoms with Gasteiger partial charge in [-0.25, -0.2) is 12.7 Å². The predicted molar refractivity (Wildman–Crippen MR) is 77.7 cm³/mol. The Labute approximate surface area is 116 Å². The van der Waals surface area contributed by atoms with Crippen LogP contribution in [-0.2, 0) is 10.0 Å². The number of sulfonamides is 1. The second kappa shape index (κ2) is 7.09. The zero-order valence-electron chi connectivity index (χ0n) is 12.5. The third-order valence-corrected chi connectivity index (χ3v) is 4.67. The Balaban J connectivity index is 4.92. The molecule has 0 aliphatic rings. The largest absolute Gasteiger partial charge is 0.409 e. The van der Waals surface area contributed by atoms with Crippen molar-refractivity contribution in [1.29, 1.82) is 0 Å². The molecule has 0 saturated heterocycles. The summed E-state index contributed by atoms with van der Waals surface area (Å²) in [5, 5.41) is 11.4. The van der Waals surface area contributed by atoms with Crippen molar-refractivity contribution in [3.05, 3.63) is 0 Å². The summed E-state index contributed by atoms with van der Waals surface area (Å²) in [6.45, 7) is 10.3. The molecule has 6 nitrogen and oxygen atoms in total. The van der Waals surface area contributed by atoms with E-state index in [0.717, 1.165) is 0 Å². The summed E-state index contributed by atoms with van der Waals surface area (Å²) in [6.07, 6.45) is 0.229. The molecule has 114 valence electrons. The van der Waals surface area contributed by atoms with Crippen LogP contribution in [-0.4, -0.2) is 42.6 Å². The number of hydrogen-bond donors (Lipinski definition) is 2. The minimum atomic E-state index is -3.34. The molecule has 0 aromatic rings. The maximum atomic E-state index is 12.4. The molecule has 7 heteroatoms. The molecule has 0 spiro atoms. The number of amidine groups is 1. The maximum absolute atomic E-state index is 12.4. The first kappa shape index (κ1) is 18.2. The lowest BCUT2D eigenvalue weighted by molar-refractivity contribution is 0.314. The Hall–Kier alpha value is -0.820. The molecule has 0 aromatic heterocycles. The summed E-state index contributed by atoms with van der Waals surface area (Å²) < 4.78 is 26.2. The van der Waals surface area contributed by atoms with Gasteiger partial charge in [0, 0.05) is 19.5 Å². The molecule has 0 saturated carbocycles. The molecule has 0 heterocycles. The van der Waals surface area contributed by atoms with E-state index in [1.165, 1.54) is 4.31 Å². The zero-order chi connectivity index (χ0) is 15.3. The fraction of sp³-hybridized carbons (Fsp3) is 0.917. The van der Waals surface area contributed by atoms with E-state index in [0.29, 0.717) is 6.54 Å². The van der Waals surface area contributed by atoms with Gasteiger partial charge < -0.3 is 10.9 Å². The second-order valence-corrected chi connectivity index (χ2v) is 8.38. The van der Waals surface area contributed by atoms with Gasteiger partial charge in [0.25, 0.3) is 0 Å². The van der Waals surface area contributed by atoms with E-state index in [9.17, 15) is 8.42 Å². The molecule has 19 heavy (non-hydrogen) atoms. The molecule has 3 N–H and O–H groups in total. The molecular weight excluding hydrogens is 266 g/mol. The lowest BCUT2D eigenvalue weighted by Crippen LogP contribution is -2.40. The van der Waals surface area contributed by atoms with Crippen molar-refractivity contribution in [3.8, 4) is 0 Å². The monoisotopic (exact) mass is 293 g/mol. The smallest absolute Gasteiger partial charge is 0.214 e. The molecule has 0 amide bonds. The van der Waals surface area contributed by atoms with Crippen molar-refractivity contribution in [3.63, 3.8) is 0 Å². The minimum absolute atomic E-state index is 0.0414. The van der Waals surface area contributed by atoms with E-state index in [1.807, 2.05) is 34.6 Å². The Kier molecular flexibility index (Phi) is 6.79. The van der Waals surface area contributed by atoms with Crippen LogP contribution in [0.4, 0.5) is 0 Å². The highest BCUT2D eigenvalue weighted by molar-refractivity contribution is 7.89. The summed E-state index contributed by atoms with van der Waals surface area (Å²) >= 11 is 0. The van der Waals surface area contributed by atoms with Crippen LogP contribution < -0.4 is 5.73 Å². The molecule has 0 rings (SSSR count). The van der Waals surface area contributed by atoms with Crippen LogP contribution in [0.1, 0.15) is 41.0 Å². The van der Waals surface area contributed by atoms with Gasteiger partial charge in [0.2, 0.25) is 10.0 Å². The van der Waals surface area contributed by atoms with Crippen LogP contribution in [0.5, 0.6) is 0 Å². The van der Waals surface area contributed by atoms with Gasteiger partial charge in [0.1, 0.15) is 5.84 Å².